The second kappa shape index (κ2) is 41.4. The minimum Gasteiger partial charge on any atom is -0.390 e. The molecule has 31 heteroatoms. The molecule has 0 saturated carbocycles. The number of aliphatic hydroxyl groups is 1. The fraction of sp³-hybridized carbons (Fsp3) is 0.697. The van der Waals surface area contributed by atoms with Gasteiger partial charge in [0, 0.05) is 84.7 Å². The van der Waals surface area contributed by atoms with Crippen molar-refractivity contribution in [2.24, 2.45) is 29.4 Å². The zero-order valence-corrected chi connectivity index (χ0v) is 62.4. The standard InChI is InChI=1S/C66H105I2N13O16/c1-13-39(6)55(79(10)65(93)53(37(2)3)75-62(90)54(38(4)5)78(8)9)46(95-11)35-52(86)80-33-19-21-44(80)56(96-12)40(7)59(87)76-57(67)63(91)70-31-29-41-23-25-42(26-24-41)73-60(88)43(20-16-17-30-71-66(69)94)74-64(92)58(68)77-61(89)47-34-45(82)48(97-47)36-72-49(83)22-15-14-18-32-81-50(84)27-28-51(81)85/h23-28,37-40,43-48,53-58,82H,13-22,29-36H2,1-12H3,(H,70,91)(H,72,83)(H,73,88)(H,74,92)(H,75,90)(H,76,87)(H,77,89)(H3,69,71,94)/t39-,40+,43+,44-,45?,46+,47+,48+,53?,54-,55-,56+,57?,58?/m0/s1. The zero-order chi connectivity index (χ0) is 72.4. The number of likely N-dealkylation sites (N-methyl/N-ethyl adjacent to an activating group) is 2. The number of hydrogen-bond acceptors (Lipinski definition) is 17. The van der Waals surface area contributed by atoms with E-state index in [-0.39, 0.29) is 105 Å². The Balaban J connectivity index is 1.27. The molecular formula is C66H105I2N13O16. The molecule has 0 aliphatic carbocycles. The Morgan fingerprint density at radius 1 is 0.753 bits per heavy atom. The molecule has 11 N–H and O–H groups in total. The lowest BCUT2D eigenvalue weighted by Crippen LogP contribution is -2.59. The summed E-state index contributed by atoms with van der Waals surface area (Å²) in [5.41, 5.74) is 6.40. The number of amides is 13. The van der Waals surface area contributed by atoms with Crippen LogP contribution in [-0.4, -0.2) is 233 Å². The van der Waals surface area contributed by atoms with E-state index in [1.165, 1.54) is 26.4 Å². The van der Waals surface area contributed by atoms with E-state index in [2.05, 4.69) is 42.5 Å². The third-order valence-corrected chi connectivity index (χ3v) is 19.7. The summed E-state index contributed by atoms with van der Waals surface area (Å²) in [4.78, 5) is 164. The van der Waals surface area contributed by atoms with Crippen LogP contribution in [0, 0.1) is 23.7 Å². The Morgan fingerprint density at radius 3 is 2.01 bits per heavy atom. The van der Waals surface area contributed by atoms with E-state index in [0.29, 0.717) is 70.0 Å². The molecule has 3 aliphatic rings. The molecule has 1 aromatic rings. The van der Waals surface area contributed by atoms with Crippen LogP contribution in [0.3, 0.4) is 0 Å². The van der Waals surface area contributed by atoms with E-state index >= 15 is 0 Å². The van der Waals surface area contributed by atoms with Crippen LogP contribution in [0.2, 0.25) is 0 Å². The average Bonchev–Trinajstić information content (AvgIpc) is 1.81. The lowest BCUT2D eigenvalue weighted by Gasteiger charge is -2.41. The van der Waals surface area contributed by atoms with Gasteiger partial charge in [-0.25, -0.2) is 4.79 Å². The van der Waals surface area contributed by atoms with E-state index in [4.69, 9.17) is 19.9 Å². The summed E-state index contributed by atoms with van der Waals surface area (Å²) < 4.78 is 15.6. The number of likely N-dealkylation sites (tertiary alicyclic amines) is 1. The number of ether oxygens (including phenoxy) is 3. The number of urea groups is 1. The minimum atomic E-state index is -1.18. The van der Waals surface area contributed by atoms with Crippen molar-refractivity contribution in [1.29, 1.82) is 0 Å². The van der Waals surface area contributed by atoms with Crippen molar-refractivity contribution in [2.75, 3.05) is 73.4 Å². The maximum Gasteiger partial charge on any atom is 0.312 e. The Kier molecular flexibility index (Phi) is 35.6. The van der Waals surface area contributed by atoms with Crippen LogP contribution < -0.4 is 48.3 Å². The van der Waals surface area contributed by atoms with E-state index in [9.17, 15) is 62.6 Å². The number of rotatable bonds is 41. The second-order valence-electron chi connectivity index (χ2n) is 26.0. The first-order valence-corrected chi connectivity index (χ1v) is 36.0. The van der Waals surface area contributed by atoms with Crippen LogP contribution in [-0.2, 0) is 73.4 Å². The number of nitrogens with one attached hydrogen (secondary N) is 8. The summed E-state index contributed by atoms with van der Waals surface area (Å²) in [6, 6.07) is 2.73. The van der Waals surface area contributed by atoms with Gasteiger partial charge in [0.25, 0.3) is 23.6 Å². The topological polar surface area (TPSA) is 388 Å². The molecule has 0 radical (unpaired) electrons. The van der Waals surface area contributed by atoms with Crippen LogP contribution in [0.5, 0.6) is 0 Å². The van der Waals surface area contributed by atoms with E-state index in [0.717, 1.165) is 10.5 Å². The highest BCUT2D eigenvalue weighted by Crippen LogP contribution is 2.30. The maximum absolute atomic E-state index is 14.4. The SMILES string of the molecule is CC[C@H](C)[C@@H]([C@@H](CC(=O)N1CCC[C@H]1[C@H](OC)[C@@H](C)C(=O)NC(I)C(=O)NCCc1ccc(NC(=O)[C@@H](CCCCNC(N)=O)NC(=O)C(I)NC(=O)[C@H]2CC(O)[C@@H](CNC(=O)CCCCCN3C(=O)C=CC3=O)O2)cc1)OC)N(C)C(=O)C(NC(=O)[C@H](C(C)C)N(C)C)C(C)C. The number of anilines is 1. The number of nitrogens with zero attached hydrogens (tertiary/aromatic N) is 4. The molecule has 4 rings (SSSR count). The monoisotopic (exact) mass is 1590 g/mol. The Bertz CT molecular complexity index is 2850. The summed E-state index contributed by atoms with van der Waals surface area (Å²) in [7, 11) is 8.36. The highest BCUT2D eigenvalue weighted by atomic mass is 127. The summed E-state index contributed by atoms with van der Waals surface area (Å²) in [5, 5.41) is 32.6. The van der Waals surface area contributed by atoms with Gasteiger partial charge in [-0.15, -0.1) is 0 Å². The van der Waals surface area contributed by atoms with Gasteiger partial charge in [0.15, 0.2) is 8.10 Å². The molecule has 3 heterocycles. The van der Waals surface area contributed by atoms with Crippen LogP contribution in [0.25, 0.3) is 0 Å². The highest BCUT2D eigenvalue weighted by Gasteiger charge is 2.44. The van der Waals surface area contributed by atoms with Gasteiger partial charge in [0.05, 0.1) is 48.8 Å². The molecule has 1 aromatic carbocycles. The van der Waals surface area contributed by atoms with Crippen molar-refractivity contribution in [3.63, 3.8) is 0 Å². The molecule has 2 fully saturated rings. The average molecular weight is 1590 g/mol. The third-order valence-electron chi connectivity index (χ3n) is 17.9. The van der Waals surface area contributed by atoms with Crippen molar-refractivity contribution in [2.45, 2.75) is 201 Å². The molecule has 0 bridgehead atoms. The number of hydrogen-bond donors (Lipinski definition) is 10. The lowest BCUT2D eigenvalue weighted by molar-refractivity contribution is -0.148. The summed E-state index contributed by atoms with van der Waals surface area (Å²) >= 11 is 3.55. The summed E-state index contributed by atoms with van der Waals surface area (Å²) in [5.74, 6) is -5.77. The Morgan fingerprint density at radius 2 is 1.41 bits per heavy atom. The van der Waals surface area contributed by atoms with Gasteiger partial charge in [-0.1, -0.05) is 73.4 Å². The fourth-order valence-corrected chi connectivity index (χ4v) is 13.4. The molecule has 0 aromatic heterocycles. The van der Waals surface area contributed by atoms with Crippen molar-refractivity contribution in [3.05, 3.63) is 42.0 Å². The smallest absolute Gasteiger partial charge is 0.312 e. The molecule has 14 atom stereocenters. The van der Waals surface area contributed by atoms with Gasteiger partial charge in [0.2, 0.25) is 41.4 Å². The van der Waals surface area contributed by atoms with Crippen LogP contribution in [0.15, 0.2) is 36.4 Å². The van der Waals surface area contributed by atoms with Gasteiger partial charge < -0.3 is 77.4 Å². The number of carbonyl (C=O) groups is 12. The highest BCUT2D eigenvalue weighted by molar-refractivity contribution is 14.1. The number of methoxy groups -OCH3 is 2. The maximum atomic E-state index is 14.4. The van der Waals surface area contributed by atoms with Crippen LogP contribution in [0.1, 0.15) is 131 Å². The second-order valence-corrected chi connectivity index (χ2v) is 28.5. The normalized spacial score (nSPS) is 20.0. The van der Waals surface area contributed by atoms with Gasteiger partial charge in [-0.2, -0.15) is 0 Å². The van der Waals surface area contributed by atoms with Gasteiger partial charge in [0.1, 0.15) is 24.3 Å². The molecule has 97 heavy (non-hydrogen) atoms. The predicted molar refractivity (Wildman–Crippen MR) is 379 cm³/mol. The molecular weight excluding hydrogens is 1480 g/mol. The summed E-state index contributed by atoms with van der Waals surface area (Å²) in [6.07, 6.45) is 2.70. The first kappa shape index (κ1) is 83.3. The minimum absolute atomic E-state index is 0.00313. The molecule has 29 nitrogen and oxygen atoms in total. The number of aliphatic hydroxyl groups excluding tert-OH is 1. The Labute approximate surface area is 597 Å². The number of imide groups is 1. The van der Waals surface area contributed by atoms with Gasteiger partial charge in [-0.05, 0) is 146 Å². The van der Waals surface area contributed by atoms with Crippen molar-refractivity contribution >= 4 is 122 Å². The largest absolute Gasteiger partial charge is 0.390 e. The number of halogens is 2. The Hall–Kier alpha value is -6.14. The first-order chi connectivity index (χ1) is 45.8. The van der Waals surface area contributed by atoms with Crippen LogP contribution in [0.4, 0.5) is 10.5 Å². The quantitative estimate of drug-likeness (QED) is 0.0148. The van der Waals surface area contributed by atoms with Crippen molar-refractivity contribution < 1.29 is 76.9 Å². The number of alkyl halides is 2. The predicted octanol–water partition coefficient (Wildman–Crippen LogP) is 2.13. The van der Waals surface area contributed by atoms with E-state index in [1.807, 2.05) is 83.1 Å². The first-order valence-electron chi connectivity index (χ1n) is 33.5. The zero-order valence-electron chi connectivity index (χ0n) is 58.1. The number of benzene rings is 1. The van der Waals surface area contributed by atoms with Crippen LogP contribution >= 0.6 is 45.2 Å². The number of primary amides is 1. The lowest BCUT2D eigenvalue weighted by atomic mass is 9.89. The molecule has 4 unspecified atom stereocenters. The fourth-order valence-electron chi connectivity index (χ4n) is 12.4. The van der Waals surface area contributed by atoms with E-state index in [1.54, 1.807) is 70.6 Å². The molecule has 3 aliphatic heterocycles. The molecule has 544 valence electrons. The van der Waals surface area contributed by atoms with Gasteiger partial charge >= 0.3 is 6.03 Å². The molecule has 0 spiro atoms. The molecule has 2 saturated heterocycles. The summed E-state index contributed by atoms with van der Waals surface area (Å²) in [6.45, 7) is 14.4. The van der Waals surface area contributed by atoms with E-state index < -0.39 is 110 Å². The van der Waals surface area contributed by atoms with Crippen molar-refractivity contribution in [3.8, 4) is 0 Å². The van der Waals surface area contributed by atoms with Gasteiger partial charge in [-0.3, -0.25) is 62.5 Å². The van der Waals surface area contributed by atoms with Crippen molar-refractivity contribution in [1.82, 2.24) is 56.8 Å². The number of carbonyl (C=O) groups excluding carboxylic acids is 12. The molecule has 13 amide bonds. The number of unbranched alkanes of at least 4 members (excludes halogenated alkanes) is 3. The number of nitrogens with two attached hydrogens (primary N) is 1. The third kappa shape index (κ3) is 25.8.